The molecule has 1 fully saturated rings. The Kier molecular flexibility index (Phi) is 3.66. The topological polar surface area (TPSA) is 46.3 Å². The molecule has 2 heterocycles. The molecule has 0 saturated carbocycles. The van der Waals surface area contributed by atoms with Crippen LogP contribution in [0, 0.1) is 5.41 Å². The van der Waals surface area contributed by atoms with Gasteiger partial charge in [0, 0.05) is 23.2 Å². The first-order chi connectivity index (χ1) is 10.1. The molecule has 4 heteroatoms. The van der Waals surface area contributed by atoms with Crippen molar-refractivity contribution in [2.24, 2.45) is 5.41 Å². The van der Waals surface area contributed by atoms with Gasteiger partial charge in [0.2, 0.25) is 0 Å². The molecular weight excluding hydrogens is 280 g/mol. The van der Waals surface area contributed by atoms with E-state index in [1.807, 2.05) is 29.2 Å². The summed E-state index contributed by atoms with van der Waals surface area (Å²) in [7, 11) is 0. The minimum atomic E-state index is 0.109. The largest absolute Gasteiger partial charge is 0.397 e. The molecule has 1 aromatic heterocycles. The van der Waals surface area contributed by atoms with E-state index in [4.69, 9.17) is 5.73 Å². The Morgan fingerprint density at radius 3 is 2.67 bits per heavy atom. The van der Waals surface area contributed by atoms with Gasteiger partial charge in [0.25, 0.3) is 5.91 Å². The molecule has 1 aliphatic rings. The third-order valence-corrected chi connectivity index (χ3v) is 6.23. The van der Waals surface area contributed by atoms with E-state index >= 15 is 0 Å². The minimum Gasteiger partial charge on any atom is -0.397 e. The van der Waals surface area contributed by atoms with Crippen molar-refractivity contribution in [3.05, 3.63) is 29.1 Å². The predicted molar refractivity (Wildman–Crippen MR) is 89.8 cm³/mol. The number of anilines is 1. The lowest BCUT2D eigenvalue weighted by Crippen LogP contribution is -2.31. The number of fused-ring (bicyclic) bond motifs is 1. The lowest BCUT2D eigenvalue weighted by atomic mass is 9.82. The normalized spacial score (nSPS) is 17.5. The van der Waals surface area contributed by atoms with E-state index in [0.717, 1.165) is 42.4 Å². The highest BCUT2D eigenvalue weighted by Crippen LogP contribution is 2.40. The molecule has 112 valence electrons. The summed E-state index contributed by atoms with van der Waals surface area (Å²) >= 11 is 1.52. The molecule has 3 rings (SSSR count). The average Bonchev–Trinajstić information content (AvgIpc) is 3.10. The zero-order valence-electron chi connectivity index (χ0n) is 12.7. The van der Waals surface area contributed by atoms with E-state index in [1.165, 1.54) is 11.3 Å². The number of rotatable bonds is 3. The second-order valence-corrected chi connectivity index (χ2v) is 7.08. The first-order valence-corrected chi connectivity index (χ1v) is 8.48. The SMILES string of the molecule is CCC1(CC)CCN(C(=O)c2sc3ccccc3c2N)C1. The van der Waals surface area contributed by atoms with E-state index in [0.29, 0.717) is 16.0 Å². The summed E-state index contributed by atoms with van der Waals surface area (Å²) in [6.45, 7) is 6.18. The average molecular weight is 302 g/mol. The van der Waals surface area contributed by atoms with Crippen LogP contribution in [-0.4, -0.2) is 23.9 Å². The van der Waals surface area contributed by atoms with Crippen LogP contribution in [0.2, 0.25) is 0 Å². The fraction of sp³-hybridized carbons (Fsp3) is 0.471. The molecule has 3 nitrogen and oxygen atoms in total. The maximum absolute atomic E-state index is 12.8. The number of likely N-dealkylation sites (tertiary alicyclic amines) is 1. The number of amides is 1. The summed E-state index contributed by atoms with van der Waals surface area (Å²) < 4.78 is 1.09. The van der Waals surface area contributed by atoms with E-state index in [9.17, 15) is 4.79 Å². The number of nitrogens with two attached hydrogens (primary N) is 1. The van der Waals surface area contributed by atoms with Crippen molar-refractivity contribution in [2.45, 2.75) is 33.1 Å². The molecule has 21 heavy (non-hydrogen) atoms. The van der Waals surface area contributed by atoms with Crippen molar-refractivity contribution in [3.63, 3.8) is 0 Å². The Morgan fingerprint density at radius 2 is 2.05 bits per heavy atom. The van der Waals surface area contributed by atoms with Crippen LogP contribution < -0.4 is 5.73 Å². The molecule has 1 amide bonds. The molecular formula is C17H22N2OS. The summed E-state index contributed by atoms with van der Waals surface area (Å²) in [5.41, 5.74) is 7.15. The molecule has 1 aliphatic heterocycles. The third kappa shape index (κ3) is 2.31. The van der Waals surface area contributed by atoms with Crippen molar-refractivity contribution < 1.29 is 4.79 Å². The monoisotopic (exact) mass is 302 g/mol. The standard InChI is InChI=1S/C17H22N2OS/c1-3-17(4-2)9-10-19(11-17)16(20)15-14(18)12-7-5-6-8-13(12)21-15/h5-8H,3-4,9-11,18H2,1-2H3. The highest BCUT2D eigenvalue weighted by Gasteiger charge is 2.38. The molecule has 0 aliphatic carbocycles. The number of benzene rings is 1. The number of carbonyl (C=O) groups is 1. The molecule has 0 radical (unpaired) electrons. The van der Waals surface area contributed by atoms with Crippen LogP contribution in [0.1, 0.15) is 42.8 Å². The van der Waals surface area contributed by atoms with Crippen molar-refractivity contribution in [3.8, 4) is 0 Å². The van der Waals surface area contributed by atoms with Crippen molar-refractivity contribution in [1.82, 2.24) is 4.90 Å². The molecule has 0 spiro atoms. The van der Waals surface area contributed by atoms with Gasteiger partial charge in [0.05, 0.1) is 5.69 Å². The number of nitrogens with zero attached hydrogens (tertiary/aromatic N) is 1. The van der Waals surface area contributed by atoms with Gasteiger partial charge in [-0.25, -0.2) is 0 Å². The van der Waals surface area contributed by atoms with Crippen LogP contribution >= 0.6 is 11.3 Å². The van der Waals surface area contributed by atoms with E-state index < -0.39 is 0 Å². The van der Waals surface area contributed by atoms with Crippen molar-refractivity contribution in [1.29, 1.82) is 0 Å². The van der Waals surface area contributed by atoms with Crippen LogP contribution in [0.5, 0.6) is 0 Å². The quantitative estimate of drug-likeness (QED) is 0.926. The van der Waals surface area contributed by atoms with Gasteiger partial charge >= 0.3 is 0 Å². The van der Waals surface area contributed by atoms with Crippen LogP contribution in [0.15, 0.2) is 24.3 Å². The first kappa shape index (κ1) is 14.4. The molecule has 1 saturated heterocycles. The second kappa shape index (κ2) is 5.34. The summed E-state index contributed by atoms with van der Waals surface area (Å²) in [4.78, 5) is 15.5. The fourth-order valence-corrected chi connectivity index (χ4v) is 4.39. The lowest BCUT2D eigenvalue weighted by Gasteiger charge is -2.26. The highest BCUT2D eigenvalue weighted by molar-refractivity contribution is 7.21. The molecule has 2 aromatic rings. The van der Waals surface area contributed by atoms with Gasteiger partial charge in [0.1, 0.15) is 4.88 Å². The third-order valence-electron chi connectivity index (χ3n) is 5.05. The Morgan fingerprint density at radius 1 is 1.33 bits per heavy atom. The Balaban J connectivity index is 1.90. The van der Waals surface area contributed by atoms with Gasteiger partial charge in [-0.3, -0.25) is 4.79 Å². The fourth-order valence-electron chi connectivity index (χ4n) is 3.30. The van der Waals surface area contributed by atoms with E-state index in [2.05, 4.69) is 13.8 Å². The minimum absolute atomic E-state index is 0.109. The highest BCUT2D eigenvalue weighted by atomic mass is 32.1. The van der Waals surface area contributed by atoms with Gasteiger partial charge in [-0.05, 0) is 30.7 Å². The zero-order valence-corrected chi connectivity index (χ0v) is 13.5. The van der Waals surface area contributed by atoms with Crippen LogP contribution in [0.3, 0.4) is 0 Å². The van der Waals surface area contributed by atoms with Crippen LogP contribution in [0.4, 0.5) is 5.69 Å². The molecule has 0 bridgehead atoms. The van der Waals surface area contributed by atoms with Crippen molar-refractivity contribution in [2.75, 3.05) is 18.8 Å². The summed E-state index contributed by atoms with van der Waals surface area (Å²) in [6.07, 6.45) is 3.38. The van der Waals surface area contributed by atoms with E-state index in [1.54, 1.807) is 0 Å². The Bertz CT molecular complexity index is 672. The van der Waals surface area contributed by atoms with Gasteiger partial charge in [0.15, 0.2) is 0 Å². The molecule has 0 unspecified atom stereocenters. The summed E-state index contributed by atoms with van der Waals surface area (Å²) in [5, 5.41) is 1.00. The lowest BCUT2D eigenvalue weighted by molar-refractivity contribution is 0.0775. The number of nitrogen functional groups attached to an aromatic ring is 1. The number of carbonyl (C=O) groups excluding carboxylic acids is 1. The maximum Gasteiger partial charge on any atom is 0.266 e. The van der Waals surface area contributed by atoms with Gasteiger partial charge in [-0.15, -0.1) is 11.3 Å². The smallest absolute Gasteiger partial charge is 0.266 e. The number of hydrogen-bond acceptors (Lipinski definition) is 3. The summed E-state index contributed by atoms with van der Waals surface area (Å²) in [5.74, 6) is 0.109. The number of thiophene rings is 1. The molecule has 1 aromatic carbocycles. The first-order valence-electron chi connectivity index (χ1n) is 7.66. The molecule has 0 atom stereocenters. The maximum atomic E-state index is 12.8. The van der Waals surface area contributed by atoms with Gasteiger partial charge < -0.3 is 10.6 Å². The Hall–Kier alpha value is -1.55. The van der Waals surface area contributed by atoms with Crippen LogP contribution in [-0.2, 0) is 0 Å². The zero-order chi connectivity index (χ0) is 15.0. The van der Waals surface area contributed by atoms with Crippen LogP contribution in [0.25, 0.3) is 10.1 Å². The Labute approximate surface area is 129 Å². The predicted octanol–water partition coefficient (Wildman–Crippen LogP) is 4.14. The summed E-state index contributed by atoms with van der Waals surface area (Å²) in [6, 6.07) is 7.97. The van der Waals surface area contributed by atoms with E-state index in [-0.39, 0.29) is 5.91 Å². The van der Waals surface area contributed by atoms with Gasteiger partial charge in [-0.2, -0.15) is 0 Å². The number of hydrogen-bond donors (Lipinski definition) is 1. The van der Waals surface area contributed by atoms with Gasteiger partial charge in [-0.1, -0.05) is 32.0 Å². The molecule has 2 N–H and O–H groups in total. The second-order valence-electron chi connectivity index (χ2n) is 6.02. The van der Waals surface area contributed by atoms with Crippen molar-refractivity contribution >= 4 is 33.0 Å².